The molecule has 3 heterocycles. The van der Waals surface area contributed by atoms with E-state index in [1.807, 2.05) is 0 Å². The first-order chi connectivity index (χ1) is 9.98. The third-order valence-corrected chi connectivity index (χ3v) is 7.54. The van der Waals surface area contributed by atoms with E-state index >= 15 is 0 Å². The van der Waals surface area contributed by atoms with Gasteiger partial charge in [-0.15, -0.1) is 11.3 Å². The summed E-state index contributed by atoms with van der Waals surface area (Å²) < 4.78 is 28.7. The first-order valence-electron chi connectivity index (χ1n) is 6.78. The molecule has 21 heavy (non-hydrogen) atoms. The maximum Gasteiger partial charge on any atom is 0.262 e. The fourth-order valence-corrected chi connectivity index (χ4v) is 6.42. The summed E-state index contributed by atoms with van der Waals surface area (Å²) in [6, 6.07) is 0. The Morgan fingerprint density at radius 3 is 2.95 bits per heavy atom. The Hall–Kier alpha value is -0.670. The molecule has 1 aliphatic heterocycles. The van der Waals surface area contributed by atoms with Crippen molar-refractivity contribution in [2.75, 3.05) is 13.1 Å². The smallest absolute Gasteiger partial charge is 0.262 e. The number of hydrogen-bond acceptors (Lipinski definition) is 5. The van der Waals surface area contributed by atoms with Crippen LogP contribution in [0.5, 0.6) is 0 Å². The molecular weight excluding hydrogens is 334 g/mol. The van der Waals surface area contributed by atoms with Crippen molar-refractivity contribution >= 4 is 37.9 Å². The van der Waals surface area contributed by atoms with Crippen LogP contribution in [0.3, 0.4) is 0 Å². The molecule has 0 bridgehead atoms. The van der Waals surface area contributed by atoms with E-state index in [0.717, 1.165) is 12.8 Å². The molecule has 1 saturated carbocycles. The Morgan fingerprint density at radius 2 is 2.19 bits per heavy atom. The molecular formula is C12H14ClN3O3S2. The molecule has 1 N–H and O–H groups in total. The van der Waals surface area contributed by atoms with Gasteiger partial charge in [0, 0.05) is 30.6 Å². The zero-order valence-electron chi connectivity index (χ0n) is 11.0. The maximum atomic E-state index is 12.9. The zero-order chi connectivity index (χ0) is 14.8. The summed E-state index contributed by atoms with van der Waals surface area (Å²) in [6.07, 6.45) is 2.92. The van der Waals surface area contributed by atoms with E-state index in [-0.39, 0.29) is 22.0 Å². The van der Waals surface area contributed by atoms with Crippen molar-refractivity contribution in [3.63, 3.8) is 0 Å². The second-order valence-electron chi connectivity index (χ2n) is 5.65. The molecule has 9 heteroatoms. The average molecular weight is 348 g/mol. The number of nitrogens with zero attached hydrogens (tertiary/aromatic N) is 3. The molecule has 0 spiro atoms. The van der Waals surface area contributed by atoms with E-state index in [4.69, 9.17) is 11.6 Å². The summed E-state index contributed by atoms with van der Waals surface area (Å²) >= 11 is 7.38. The van der Waals surface area contributed by atoms with Gasteiger partial charge in [-0.3, -0.25) is 4.40 Å². The van der Waals surface area contributed by atoms with Gasteiger partial charge < -0.3 is 5.11 Å². The van der Waals surface area contributed by atoms with Crippen LogP contribution in [-0.2, 0) is 10.0 Å². The minimum Gasteiger partial charge on any atom is -0.393 e. The van der Waals surface area contributed by atoms with Gasteiger partial charge in [-0.05, 0) is 18.8 Å². The highest BCUT2D eigenvalue weighted by atomic mass is 35.5. The van der Waals surface area contributed by atoms with Gasteiger partial charge in [0.1, 0.15) is 0 Å². The molecule has 1 aliphatic carbocycles. The second-order valence-corrected chi connectivity index (χ2v) is 8.74. The zero-order valence-corrected chi connectivity index (χ0v) is 13.4. The summed E-state index contributed by atoms with van der Waals surface area (Å²) in [6.45, 7) is 0.819. The fraction of sp³-hybridized carbons (Fsp3) is 0.583. The van der Waals surface area contributed by atoms with Gasteiger partial charge >= 0.3 is 0 Å². The number of hydrogen-bond donors (Lipinski definition) is 1. The van der Waals surface area contributed by atoms with Crippen LogP contribution < -0.4 is 0 Å². The van der Waals surface area contributed by atoms with E-state index < -0.39 is 16.1 Å². The summed E-state index contributed by atoms with van der Waals surface area (Å²) in [5.74, 6) is 0.295. The number of sulfonamides is 1. The lowest BCUT2D eigenvalue weighted by Gasteiger charge is -2.17. The highest BCUT2D eigenvalue weighted by Crippen LogP contribution is 2.41. The van der Waals surface area contributed by atoms with Crippen LogP contribution >= 0.6 is 22.9 Å². The molecule has 1 saturated heterocycles. The van der Waals surface area contributed by atoms with Crippen molar-refractivity contribution in [1.82, 2.24) is 13.7 Å². The standard InChI is InChI=1S/C12H14ClN3O3S2/c13-10-11(16-3-4-20-12(16)14-10)21(18,19)15-5-7-1-2-9(17)8(7)6-15/h3-4,7-9,17H,1-2,5-6H2. The van der Waals surface area contributed by atoms with Crippen LogP contribution in [0.4, 0.5) is 0 Å². The summed E-state index contributed by atoms with van der Waals surface area (Å²) in [5, 5.41) is 11.8. The molecule has 0 aromatic carbocycles. The molecule has 3 atom stereocenters. The number of halogens is 1. The Balaban J connectivity index is 1.74. The summed E-state index contributed by atoms with van der Waals surface area (Å²) in [5.41, 5.74) is 0. The normalized spacial score (nSPS) is 30.3. The molecule has 2 fully saturated rings. The monoisotopic (exact) mass is 347 g/mol. The molecule has 6 nitrogen and oxygen atoms in total. The number of aliphatic hydroxyl groups excluding tert-OH is 1. The maximum absolute atomic E-state index is 12.9. The van der Waals surface area contributed by atoms with Crippen LogP contribution in [0.2, 0.25) is 5.15 Å². The second kappa shape index (κ2) is 4.66. The third-order valence-electron chi connectivity index (χ3n) is 4.55. The van der Waals surface area contributed by atoms with Crippen molar-refractivity contribution in [1.29, 1.82) is 0 Å². The van der Waals surface area contributed by atoms with E-state index in [1.165, 1.54) is 20.0 Å². The van der Waals surface area contributed by atoms with Crippen molar-refractivity contribution in [2.24, 2.45) is 11.8 Å². The van der Waals surface area contributed by atoms with Gasteiger partial charge in [0.25, 0.3) is 10.0 Å². The number of imidazole rings is 1. The van der Waals surface area contributed by atoms with E-state index in [9.17, 15) is 13.5 Å². The minimum atomic E-state index is -3.69. The predicted molar refractivity (Wildman–Crippen MR) is 79.1 cm³/mol. The van der Waals surface area contributed by atoms with Crippen molar-refractivity contribution in [2.45, 2.75) is 24.0 Å². The van der Waals surface area contributed by atoms with Crippen LogP contribution in [0.1, 0.15) is 12.8 Å². The number of rotatable bonds is 2. The topological polar surface area (TPSA) is 74.9 Å². The van der Waals surface area contributed by atoms with Crippen molar-refractivity contribution in [3.05, 3.63) is 16.7 Å². The number of thiazole rings is 1. The molecule has 2 aromatic heterocycles. The van der Waals surface area contributed by atoms with Gasteiger partial charge in [0.15, 0.2) is 15.1 Å². The Kier molecular flexibility index (Phi) is 3.10. The fourth-order valence-electron chi connectivity index (χ4n) is 3.48. The van der Waals surface area contributed by atoms with Crippen LogP contribution in [0.15, 0.2) is 16.6 Å². The van der Waals surface area contributed by atoms with Crippen molar-refractivity contribution in [3.8, 4) is 0 Å². The first-order valence-corrected chi connectivity index (χ1v) is 9.47. The van der Waals surface area contributed by atoms with E-state index in [1.54, 1.807) is 11.6 Å². The number of aliphatic hydroxyl groups is 1. The summed E-state index contributed by atoms with van der Waals surface area (Å²) in [4.78, 5) is 4.66. The van der Waals surface area contributed by atoms with E-state index in [2.05, 4.69) is 4.98 Å². The van der Waals surface area contributed by atoms with Crippen LogP contribution in [-0.4, -0.2) is 46.4 Å². The quantitative estimate of drug-likeness (QED) is 0.892. The largest absolute Gasteiger partial charge is 0.393 e. The lowest BCUT2D eigenvalue weighted by molar-refractivity contribution is 0.129. The predicted octanol–water partition coefficient (Wildman–Crippen LogP) is 1.44. The molecule has 4 rings (SSSR count). The van der Waals surface area contributed by atoms with Crippen LogP contribution in [0, 0.1) is 11.8 Å². The SMILES string of the molecule is O=S(=O)(c1c(Cl)nc2sccn12)N1CC2CCC(O)C2C1. The molecule has 3 unspecified atom stereocenters. The van der Waals surface area contributed by atoms with Gasteiger partial charge in [0.05, 0.1) is 6.10 Å². The van der Waals surface area contributed by atoms with Gasteiger partial charge in [-0.2, -0.15) is 4.31 Å². The minimum absolute atomic E-state index is 0.0134. The molecule has 114 valence electrons. The first kappa shape index (κ1) is 14.0. The lowest BCUT2D eigenvalue weighted by atomic mass is 10.00. The highest BCUT2D eigenvalue weighted by molar-refractivity contribution is 7.89. The Morgan fingerprint density at radius 1 is 1.38 bits per heavy atom. The van der Waals surface area contributed by atoms with Gasteiger partial charge in [-0.25, -0.2) is 13.4 Å². The number of aromatic nitrogens is 2. The van der Waals surface area contributed by atoms with Gasteiger partial charge in [0.2, 0.25) is 0 Å². The van der Waals surface area contributed by atoms with Gasteiger partial charge in [-0.1, -0.05) is 11.6 Å². The average Bonchev–Trinajstić information content (AvgIpc) is 3.10. The molecule has 2 aliphatic rings. The number of fused-ring (bicyclic) bond motifs is 2. The molecule has 0 amide bonds. The van der Waals surface area contributed by atoms with Crippen LogP contribution in [0.25, 0.3) is 4.96 Å². The summed E-state index contributed by atoms with van der Waals surface area (Å²) in [7, 11) is -3.69. The highest BCUT2D eigenvalue weighted by Gasteiger charge is 2.46. The Bertz CT molecular complexity index is 800. The molecule has 2 aromatic rings. The lowest BCUT2D eigenvalue weighted by Crippen LogP contribution is -2.32. The van der Waals surface area contributed by atoms with E-state index in [0.29, 0.717) is 18.1 Å². The molecule has 0 radical (unpaired) electrons. The Labute approximate surface area is 131 Å². The third kappa shape index (κ3) is 1.97. The van der Waals surface area contributed by atoms with Crippen molar-refractivity contribution < 1.29 is 13.5 Å².